The second kappa shape index (κ2) is 6.58. The molecule has 3 nitrogen and oxygen atoms in total. The van der Waals surface area contributed by atoms with Gasteiger partial charge < -0.3 is 9.84 Å². The number of rotatable bonds is 4. The highest BCUT2D eigenvalue weighted by Crippen LogP contribution is 2.49. The number of methoxy groups -OCH3 is 1. The van der Waals surface area contributed by atoms with Crippen LogP contribution in [-0.2, 0) is 11.1 Å². The average Bonchev–Trinajstić information content (AvgIpc) is 2.63. The lowest BCUT2D eigenvalue weighted by molar-refractivity contribution is -0.0520. The smallest absolute Gasteiger partial charge is 0.124 e. The van der Waals surface area contributed by atoms with E-state index >= 15 is 0 Å². The van der Waals surface area contributed by atoms with E-state index in [4.69, 9.17) is 4.74 Å². The molecule has 1 aliphatic carbocycles. The lowest BCUT2D eigenvalue weighted by atomic mass is 9.68. The maximum Gasteiger partial charge on any atom is 0.124 e. The molecule has 24 heavy (non-hydrogen) atoms. The molecule has 0 aromatic heterocycles. The summed E-state index contributed by atoms with van der Waals surface area (Å²) in [6.45, 7) is 0. The highest BCUT2D eigenvalue weighted by atomic mass is 16.5. The van der Waals surface area contributed by atoms with E-state index in [-0.39, 0.29) is 5.54 Å². The Morgan fingerprint density at radius 1 is 0.875 bits per heavy atom. The van der Waals surface area contributed by atoms with Crippen LogP contribution in [-0.4, -0.2) is 31.2 Å². The molecule has 1 N–H and O–H groups in total. The number of aliphatic hydroxyl groups is 1. The van der Waals surface area contributed by atoms with E-state index in [0.717, 1.165) is 37.0 Å². The van der Waals surface area contributed by atoms with Gasteiger partial charge in [0.1, 0.15) is 5.75 Å². The molecule has 128 valence electrons. The van der Waals surface area contributed by atoms with E-state index in [9.17, 15) is 5.11 Å². The molecule has 0 spiro atoms. The van der Waals surface area contributed by atoms with E-state index in [2.05, 4.69) is 49.3 Å². The topological polar surface area (TPSA) is 32.7 Å². The predicted octanol–water partition coefficient (Wildman–Crippen LogP) is 3.91. The highest BCUT2D eigenvalue weighted by molar-refractivity contribution is 5.39. The monoisotopic (exact) mass is 325 g/mol. The van der Waals surface area contributed by atoms with Gasteiger partial charge in [-0.1, -0.05) is 48.5 Å². The van der Waals surface area contributed by atoms with Crippen molar-refractivity contribution in [1.29, 1.82) is 0 Å². The van der Waals surface area contributed by atoms with Crippen LogP contribution in [0, 0.1) is 0 Å². The van der Waals surface area contributed by atoms with Crippen molar-refractivity contribution in [3.63, 3.8) is 0 Å². The zero-order chi connectivity index (χ0) is 17.2. The molecular formula is C21H27NO2. The summed E-state index contributed by atoms with van der Waals surface area (Å²) in [5.74, 6) is 0.775. The van der Waals surface area contributed by atoms with Crippen molar-refractivity contribution in [3.8, 4) is 5.75 Å². The van der Waals surface area contributed by atoms with Crippen molar-refractivity contribution < 1.29 is 9.84 Å². The molecule has 1 fully saturated rings. The zero-order valence-electron chi connectivity index (χ0n) is 14.8. The van der Waals surface area contributed by atoms with Gasteiger partial charge in [0.15, 0.2) is 0 Å². The molecule has 2 aromatic rings. The first kappa shape index (κ1) is 17.0. The van der Waals surface area contributed by atoms with Crippen LogP contribution in [0.3, 0.4) is 0 Å². The summed E-state index contributed by atoms with van der Waals surface area (Å²) in [6.07, 6.45) is 3.28. The summed E-state index contributed by atoms with van der Waals surface area (Å²) in [5, 5.41) is 11.3. The number of hydrogen-bond donors (Lipinski definition) is 1. The van der Waals surface area contributed by atoms with Gasteiger partial charge in [0.25, 0.3) is 0 Å². The Morgan fingerprint density at radius 2 is 1.46 bits per heavy atom. The molecule has 1 aliphatic rings. The third kappa shape index (κ3) is 2.83. The van der Waals surface area contributed by atoms with Crippen LogP contribution in [0.15, 0.2) is 54.6 Å². The maximum atomic E-state index is 11.3. The van der Waals surface area contributed by atoms with E-state index in [1.807, 2.05) is 24.3 Å². The van der Waals surface area contributed by atoms with E-state index in [1.165, 1.54) is 5.56 Å². The third-order valence-corrected chi connectivity index (χ3v) is 5.68. The van der Waals surface area contributed by atoms with Gasteiger partial charge in [-0.25, -0.2) is 0 Å². The number of nitrogens with zero attached hydrogens (tertiary/aromatic N) is 1. The summed E-state index contributed by atoms with van der Waals surface area (Å²) in [5.41, 5.74) is 1.40. The van der Waals surface area contributed by atoms with E-state index < -0.39 is 5.60 Å². The maximum absolute atomic E-state index is 11.3. The van der Waals surface area contributed by atoms with Gasteiger partial charge in [0, 0.05) is 11.1 Å². The molecule has 0 aliphatic heterocycles. The molecule has 0 saturated heterocycles. The Morgan fingerprint density at radius 3 is 2.04 bits per heavy atom. The van der Waals surface area contributed by atoms with Crippen LogP contribution in [0.5, 0.6) is 5.75 Å². The second-order valence-corrected chi connectivity index (χ2v) is 7.02. The normalized spacial score (nSPS) is 27.2. The van der Waals surface area contributed by atoms with Crippen molar-refractivity contribution in [1.82, 2.24) is 4.90 Å². The molecule has 1 saturated carbocycles. The van der Waals surface area contributed by atoms with Crippen molar-refractivity contribution >= 4 is 0 Å². The first-order valence-corrected chi connectivity index (χ1v) is 8.61. The Bertz CT molecular complexity index is 673. The predicted molar refractivity (Wildman–Crippen MR) is 97.2 cm³/mol. The lowest BCUT2D eigenvalue weighted by Gasteiger charge is -2.48. The number of hydrogen-bond acceptors (Lipinski definition) is 3. The molecule has 2 aromatic carbocycles. The first-order valence-electron chi connectivity index (χ1n) is 8.61. The van der Waals surface area contributed by atoms with E-state index in [0.29, 0.717) is 0 Å². The van der Waals surface area contributed by atoms with Crippen molar-refractivity contribution in [2.45, 2.75) is 36.8 Å². The SMILES string of the molecule is COc1ccccc1C1(O)CCC(c2ccccc2)(N(C)C)CC1. The van der Waals surface area contributed by atoms with Crippen LogP contribution in [0.25, 0.3) is 0 Å². The minimum absolute atomic E-state index is 0.0183. The Hall–Kier alpha value is -1.84. The second-order valence-electron chi connectivity index (χ2n) is 7.02. The standard InChI is InChI=1S/C21H27NO2/c1-22(2)20(17-9-5-4-6-10-17)13-15-21(23,16-14-20)18-11-7-8-12-19(18)24-3/h4-12,23H,13-16H2,1-3H3. The molecule has 0 atom stereocenters. The van der Waals surface area contributed by atoms with Crippen molar-refractivity contribution in [2.24, 2.45) is 0 Å². The lowest BCUT2D eigenvalue weighted by Crippen LogP contribution is -2.48. The van der Waals surface area contributed by atoms with Gasteiger partial charge >= 0.3 is 0 Å². The van der Waals surface area contributed by atoms with E-state index in [1.54, 1.807) is 7.11 Å². The largest absolute Gasteiger partial charge is 0.496 e. The molecule has 0 amide bonds. The molecule has 0 bridgehead atoms. The summed E-state index contributed by atoms with van der Waals surface area (Å²) >= 11 is 0. The molecule has 0 heterocycles. The van der Waals surface area contributed by atoms with Crippen molar-refractivity contribution in [3.05, 3.63) is 65.7 Å². The summed E-state index contributed by atoms with van der Waals surface area (Å²) in [7, 11) is 5.94. The highest BCUT2D eigenvalue weighted by Gasteiger charge is 2.45. The number of benzene rings is 2. The molecule has 0 radical (unpaired) electrons. The van der Waals surface area contributed by atoms with Crippen LogP contribution in [0.1, 0.15) is 36.8 Å². The molecule has 3 heteroatoms. The first-order chi connectivity index (χ1) is 11.5. The Balaban J connectivity index is 1.91. The minimum Gasteiger partial charge on any atom is -0.496 e. The molecule has 0 unspecified atom stereocenters. The number of para-hydroxylation sites is 1. The molecular weight excluding hydrogens is 298 g/mol. The van der Waals surface area contributed by atoms with Gasteiger partial charge in [-0.3, -0.25) is 4.90 Å². The zero-order valence-corrected chi connectivity index (χ0v) is 14.8. The average molecular weight is 325 g/mol. The van der Waals surface area contributed by atoms with Gasteiger partial charge in [-0.05, 0) is 51.4 Å². The Kier molecular flexibility index (Phi) is 4.66. The van der Waals surface area contributed by atoms with Crippen LogP contribution in [0.2, 0.25) is 0 Å². The summed E-state index contributed by atoms with van der Waals surface area (Å²) < 4.78 is 5.48. The summed E-state index contributed by atoms with van der Waals surface area (Å²) in [6, 6.07) is 18.5. The van der Waals surface area contributed by atoms with Crippen molar-refractivity contribution in [2.75, 3.05) is 21.2 Å². The third-order valence-electron chi connectivity index (χ3n) is 5.68. The van der Waals surface area contributed by atoms with Gasteiger partial charge in [-0.2, -0.15) is 0 Å². The quantitative estimate of drug-likeness (QED) is 0.925. The van der Waals surface area contributed by atoms with Gasteiger partial charge in [0.2, 0.25) is 0 Å². The fourth-order valence-electron chi connectivity index (χ4n) is 4.12. The van der Waals surface area contributed by atoms with Crippen LogP contribution < -0.4 is 4.74 Å². The fourth-order valence-corrected chi connectivity index (χ4v) is 4.12. The fraction of sp³-hybridized carbons (Fsp3) is 0.429. The van der Waals surface area contributed by atoms with Crippen LogP contribution in [0.4, 0.5) is 0 Å². The van der Waals surface area contributed by atoms with Gasteiger partial charge in [0.05, 0.1) is 12.7 Å². The number of ether oxygens (including phenoxy) is 1. The minimum atomic E-state index is -0.819. The summed E-state index contributed by atoms with van der Waals surface area (Å²) in [4.78, 5) is 2.31. The van der Waals surface area contributed by atoms with Gasteiger partial charge in [-0.15, -0.1) is 0 Å². The molecule has 3 rings (SSSR count). The Labute approximate surface area is 144 Å². The van der Waals surface area contributed by atoms with Crippen LogP contribution >= 0.6 is 0 Å².